The minimum Gasteiger partial charge on any atom is -0.383 e. The predicted octanol–water partition coefficient (Wildman–Crippen LogP) is -0.538. The van der Waals surface area contributed by atoms with Crippen molar-refractivity contribution in [1.29, 1.82) is 0 Å². The number of ether oxygens (including phenoxy) is 4. The molecule has 2 saturated heterocycles. The van der Waals surface area contributed by atoms with Crippen LogP contribution in [0.15, 0.2) is 11.0 Å². The molecule has 1 aromatic heterocycles. The number of rotatable bonds is 4. The molecule has 1 unspecified atom stereocenters. The van der Waals surface area contributed by atoms with E-state index in [0.29, 0.717) is 18.8 Å². The summed E-state index contributed by atoms with van der Waals surface area (Å²) in [6.45, 7) is 2.48. The first-order valence-electron chi connectivity index (χ1n) is 6.69. The maximum atomic E-state index is 12.1. The first kappa shape index (κ1) is 14.5. The molecule has 116 valence electrons. The minimum absolute atomic E-state index is 0.218. The number of nitrogens with zero attached hydrogens (tertiary/aromatic N) is 2. The summed E-state index contributed by atoms with van der Waals surface area (Å²) < 4.78 is 24.0. The lowest BCUT2D eigenvalue weighted by Gasteiger charge is -2.30. The molecule has 8 heteroatoms. The molecule has 2 aliphatic heterocycles. The van der Waals surface area contributed by atoms with E-state index in [9.17, 15) is 4.79 Å². The van der Waals surface area contributed by atoms with Crippen molar-refractivity contribution in [3.05, 3.63) is 22.2 Å². The summed E-state index contributed by atoms with van der Waals surface area (Å²) in [5.41, 5.74) is 5.18. The van der Waals surface area contributed by atoms with E-state index in [4.69, 9.17) is 24.7 Å². The van der Waals surface area contributed by atoms with Gasteiger partial charge in [0.15, 0.2) is 6.23 Å². The van der Waals surface area contributed by atoms with Gasteiger partial charge in [-0.05, 0) is 6.92 Å². The van der Waals surface area contributed by atoms with E-state index in [2.05, 4.69) is 4.98 Å². The molecule has 21 heavy (non-hydrogen) atoms. The highest BCUT2D eigenvalue weighted by Crippen LogP contribution is 2.46. The van der Waals surface area contributed by atoms with Crippen molar-refractivity contribution >= 4 is 5.82 Å². The summed E-state index contributed by atoms with van der Waals surface area (Å²) in [6, 6.07) is 0. The number of nitrogens with two attached hydrogens (primary N) is 1. The van der Waals surface area contributed by atoms with Gasteiger partial charge in [-0.15, -0.1) is 0 Å². The van der Waals surface area contributed by atoms with Crippen LogP contribution in [-0.2, 0) is 18.9 Å². The monoisotopic (exact) mass is 297 g/mol. The summed E-state index contributed by atoms with van der Waals surface area (Å²) in [4.78, 5) is 15.9. The van der Waals surface area contributed by atoms with Crippen LogP contribution in [0.2, 0.25) is 0 Å². The van der Waals surface area contributed by atoms with Gasteiger partial charge in [0.25, 0.3) is 0 Å². The summed E-state index contributed by atoms with van der Waals surface area (Å²) in [5.74, 6) is 0.218. The Bertz CT molecular complexity index is 604. The largest absolute Gasteiger partial charge is 0.383 e. The Labute approximate surface area is 121 Å². The number of aromatic nitrogens is 2. The normalized spacial score (nSPS) is 34.5. The number of hydrogen-bond donors (Lipinski definition) is 1. The smallest absolute Gasteiger partial charge is 0.351 e. The van der Waals surface area contributed by atoms with Crippen LogP contribution in [0.3, 0.4) is 0 Å². The molecule has 2 fully saturated rings. The van der Waals surface area contributed by atoms with Gasteiger partial charge in [-0.3, -0.25) is 4.57 Å². The highest BCUT2D eigenvalue weighted by molar-refractivity contribution is 5.35. The molecule has 0 aliphatic carbocycles. The molecule has 3 rings (SSSR count). The van der Waals surface area contributed by atoms with Crippen LogP contribution in [-0.4, -0.2) is 54.8 Å². The van der Waals surface area contributed by atoms with Gasteiger partial charge >= 0.3 is 5.69 Å². The zero-order valence-electron chi connectivity index (χ0n) is 12.2. The van der Waals surface area contributed by atoms with E-state index in [1.54, 1.807) is 27.3 Å². The second-order valence-electron chi connectivity index (χ2n) is 5.44. The summed E-state index contributed by atoms with van der Waals surface area (Å²) in [7, 11) is 3.18. The van der Waals surface area contributed by atoms with E-state index in [-0.39, 0.29) is 18.0 Å². The second kappa shape index (κ2) is 5.06. The molecular formula is C13H19N3O5. The van der Waals surface area contributed by atoms with Gasteiger partial charge in [0.05, 0.1) is 13.2 Å². The number of aryl methyl sites for hydroxylation is 1. The number of hydrogen-bond acceptors (Lipinski definition) is 7. The van der Waals surface area contributed by atoms with Crippen molar-refractivity contribution in [3.8, 4) is 0 Å². The Kier molecular flexibility index (Phi) is 3.48. The molecule has 1 aromatic rings. The van der Waals surface area contributed by atoms with E-state index < -0.39 is 17.5 Å². The summed E-state index contributed by atoms with van der Waals surface area (Å²) in [5, 5.41) is 0. The van der Waals surface area contributed by atoms with Crippen molar-refractivity contribution in [3.63, 3.8) is 0 Å². The molecule has 2 aliphatic rings. The summed E-state index contributed by atoms with van der Waals surface area (Å²) in [6.07, 6.45) is 0.352. The van der Waals surface area contributed by atoms with Crippen molar-refractivity contribution in [1.82, 2.24) is 9.55 Å². The fourth-order valence-corrected chi connectivity index (χ4v) is 3.07. The quantitative estimate of drug-likeness (QED) is 0.797. The Balaban J connectivity index is 1.99. The van der Waals surface area contributed by atoms with Crippen LogP contribution in [0.4, 0.5) is 5.82 Å². The molecule has 0 amide bonds. The Morgan fingerprint density at radius 2 is 2.33 bits per heavy atom. The van der Waals surface area contributed by atoms with Crippen LogP contribution >= 0.6 is 0 Å². The molecule has 2 N–H and O–H groups in total. The lowest BCUT2D eigenvalue weighted by Crippen LogP contribution is -2.45. The maximum absolute atomic E-state index is 12.1. The van der Waals surface area contributed by atoms with Crippen LogP contribution in [0.1, 0.15) is 11.8 Å². The molecule has 4 atom stereocenters. The van der Waals surface area contributed by atoms with E-state index in [1.165, 1.54) is 4.57 Å². The molecule has 0 aromatic carbocycles. The van der Waals surface area contributed by atoms with Crippen molar-refractivity contribution in [2.45, 2.75) is 31.0 Å². The minimum atomic E-state index is -0.701. The van der Waals surface area contributed by atoms with Crippen LogP contribution in [0.5, 0.6) is 0 Å². The molecule has 2 bridgehead atoms. The van der Waals surface area contributed by atoms with Gasteiger partial charge in [0, 0.05) is 26.0 Å². The molecular weight excluding hydrogens is 278 g/mol. The first-order chi connectivity index (χ1) is 10.0. The van der Waals surface area contributed by atoms with Crippen LogP contribution < -0.4 is 11.4 Å². The maximum Gasteiger partial charge on any atom is 0.351 e. The molecule has 0 spiro atoms. The number of methoxy groups -OCH3 is 2. The lowest BCUT2D eigenvalue weighted by atomic mass is 10.0. The average Bonchev–Trinajstić information content (AvgIpc) is 2.94. The van der Waals surface area contributed by atoms with Gasteiger partial charge in [-0.2, -0.15) is 4.98 Å². The SMILES string of the molecule is COC[C@]12CO[C@@H](C1OC)[C@H](n1cc(C)c(N)nc1=O)O2. The zero-order valence-corrected chi connectivity index (χ0v) is 12.2. The van der Waals surface area contributed by atoms with Crippen LogP contribution in [0, 0.1) is 6.92 Å². The highest BCUT2D eigenvalue weighted by atomic mass is 16.7. The van der Waals surface area contributed by atoms with Crippen molar-refractivity contribution in [2.75, 3.05) is 33.2 Å². The molecule has 0 saturated carbocycles. The van der Waals surface area contributed by atoms with Gasteiger partial charge in [-0.25, -0.2) is 4.79 Å². The van der Waals surface area contributed by atoms with Crippen LogP contribution in [0.25, 0.3) is 0 Å². The third-order valence-electron chi connectivity index (χ3n) is 4.06. The van der Waals surface area contributed by atoms with Gasteiger partial charge in [0.1, 0.15) is 23.6 Å². The topological polar surface area (TPSA) is 97.8 Å². The molecule has 0 radical (unpaired) electrons. The number of fused-ring (bicyclic) bond motifs is 2. The lowest BCUT2D eigenvalue weighted by molar-refractivity contribution is -0.191. The Morgan fingerprint density at radius 1 is 1.57 bits per heavy atom. The number of nitrogen functional groups attached to an aromatic ring is 1. The highest BCUT2D eigenvalue weighted by Gasteiger charge is 2.63. The van der Waals surface area contributed by atoms with Gasteiger partial charge in [0.2, 0.25) is 0 Å². The predicted molar refractivity (Wildman–Crippen MR) is 72.9 cm³/mol. The number of anilines is 1. The van der Waals surface area contributed by atoms with E-state index >= 15 is 0 Å². The van der Waals surface area contributed by atoms with E-state index in [1.807, 2.05) is 0 Å². The van der Waals surface area contributed by atoms with E-state index in [0.717, 1.165) is 0 Å². The van der Waals surface area contributed by atoms with Crippen molar-refractivity contribution in [2.24, 2.45) is 0 Å². The fourth-order valence-electron chi connectivity index (χ4n) is 3.07. The molecule has 8 nitrogen and oxygen atoms in total. The standard InChI is InChI=1S/C13H19N3O5/c1-7-4-16(12(17)15-10(7)14)11-8-9(19-3)13(21-11,5-18-2)6-20-8/h4,8-9,11H,5-6H2,1-3H3,(H2,14,15,17)/t8-,9?,11+,13-/m0/s1. The van der Waals surface area contributed by atoms with Crippen molar-refractivity contribution < 1.29 is 18.9 Å². The molecule has 3 heterocycles. The van der Waals surface area contributed by atoms with Gasteiger partial charge in [-0.1, -0.05) is 0 Å². The van der Waals surface area contributed by atoms with Gasteiger partial charge < -0.3 is 24.7 Å². The first-order valence-corrected chi connectivity index (χ1v) is 6.69. The second-order valence-corrected chi connectivity index (χ2v) is 5.44. The third-order valence-corrected chi connectivity index (χ3v) is 4.06. The summed E-state index contributed by atoms with van der Waals surface area (Å²) >= 11 is 0. The third kappa shape index (κ3) is 2.06. The average molecular weight is 297 g/mol. The Morgan fingerprint density at radius 3 is 3.00 bits per heavy atom. The zero-order chi connectivity index (χ0) is 15.2. The Hall–Kier alpha value is -1.48. The fraction of sp³-hybridized carbons (Fsp3) is 0.692.